The van der Waals surface area contributed by atoms with Gasteiger partial charge in [-0.25, -0.2) is 0 Å². The maximum Gasteiger partial charge on any atom is 0.162 e. The van der Waals surface area contributed by atoms with E-state index in [2.05, 4.69) is 27.3 Å². The molecule has 0 atom stereocenters. The zero-order valence-electron chi connectivity index (χ0n) is 11.1. The highest BCUT2D eigenvalue weighted by Gasteiger charge is 2.07. The summed E-state index contributed by atoms with van der Waals surface area (Å²) in [5.41, 5.74) is 2.12. The van der Waals surface area contributed by atoms with Crippen molar-refractivity contribution in [1.29, 1.82) is 5.26 Å². The van der Waals surface area contributed by atoms with Crippen molar-refractivity contribution in [2.75, 3.05) is 19.5 Å². The molecule has 0 bridgehead atoms. The third kappa shape index (κ3) is 3.03. The van der Waals surface area contributed by atoms with Gasteiger partial charge in [-0.2, -0.15) is 5.26 Å². The highest BCUT2D eigenvalue weighted by Crippen LogP contribution is 2.32. The van der Waals surface area contributed by atoms with Crippen LogP contribution in [0.3, 0.4) is 0 Å². The van der Waals surface area contributed by atoms with Crippen LogP contribution in [0, 0.1) is 11.3 Å². The van der Waals surface area contributed by atoms with Crippen molar-refractivity contribution in [2.24, 2.45) is 0 Å². The number of benzene rings is 2. The lowest BCUT2D eigenvalue weighted by Crippen LogP contribution is -1.96. The van der Waals surface area contributed by atoms with Gasteiger partial charge in [0.05, 0.1) is 25.5 Å². The summed E-state index contributed by atoms with van der Waals surface area (Å²) in [6, 6.07) is 13.2. The van der Waals surface area contributed by atoms with Gasteiger partial charge in [0.2, 0.25) is 0 Å². The minimum absolute atomic E-state index is 0.564. The van der Waals surface area contributed by atoms with E-state index in [1.54, 1.807) is 20.3 Å². The minimum atomic E-state index is 0.564. The number of anilines is 2. The first kappa shape index (κ1) is 14.2. The number of nitrogens with one attached hydrogen (secondary N) is 1. The largest absolute Gasteiger partial charge is 0.493 e. The topological polar surface area (TPSA) is 54.3 Å². The summed E-state index contributed by atoms with van der Waals surface area (Å²) >= 11 is 3.35. The minimum Gasteiger partial charge on any atom is -0.493 e. The van der Waals surface area contributed by atoms with Crippen molar-refractivity contribution in [3.63, 3.8) is 0 Å². The number of rotatable bonds is 4. The van der Waals surface area contributed by atoms with E-state index < -0.39 is 0 Å². The van der Waals surface area contributed by atoms with Gasteiger partial charge in [-0.1, -0.05) is 15.9 Å². The second-order valence-electron chi connectivity index (χ2n) is 4.00. The van der Waals surface area contributed by atoms with Gasteiger partial charge in [0.1, 0.15) is 6.07 Å². The van der Waals surface area contributed by atoms with Crippen molar-refractivity contribution in [3.8, 4) is 17.6 Å². The molecule has 0 saturated heterocycles. The Labute approximate surface area is 126 Å². The maximum absolute atomic E-state index is 9.15. The lowest BCUT2D eigenvalue weighted by molar-refractivity contribution is 0.355. The standard InChI is InChI=1S/C15H13BrN2O2/c1-19-14-6-4-12(8-15(14)20-2)18-13-5-3-11(16)7-10(13)9-17/h3-8,18H,1-2H3. The Morgan fingerprint density at radius 3 is 2.45 bits per heavy atom. The molecule has 0 amide bonds. The molecule has 0 aliphatic rings. The van der Waals surface area contributed by atoms with Crippen LogP contribution in [-0.2, 0) is 0 Å². The number of hydrogen-bond acceptors (Lipinski definition) is 4. The lowest BCUT2D eigenvalue weighted by atomic mass is 10.2. The monoisotopic (exact) mass is 332 g/mol. The molecular weight excluding hydrogens is 320 g/mol. The summed E-state index contributed by atoms with van der Waals surface area (Å²) < 4.78 is 11.3. The molecule has 5 heteroatoms. The molecule has 0 radical (unpaired) electrons. The molecule has 1 N–H and O–H groups in total. The van der Waals surface area contributed by atoms with Crippen LogP contribution in [0.2, 0.25) is 0 Å². The predicted octanol–water partition coefficient (Wildman–Crippen LogP) is 4.08. The summed E-state index contributed by atoms with van der Waals surface area (Å²) in [7, 11) is 3.18. The van der Waals surface area contributed by atoms with Crippen LogP contribution in [0.1, 0.15) is 5.56 Å². The molecule has 0 heterocycles. The van der Waals surface area contributed by atoms with Gasteiger partial charge in [0.25, 0.3) is 0 Å². The Morgan fingerprint density at radius 1 is 1.05 bits per heavy atom. The molecule has 2 aromatic carbocycles. The molecule has 20 heavy (non-hydrogen) atoms. The van der Waals surface area contributed by atoms with Crippen LogP contribution >= 0.6 is 15.9 Å². The van der Waals surface area contributed by atoms with Crippen molar-refractivity contribution in [1.82, 2.24) is 0 Å². The third-order valence-electron chi connectivity index (χ3n) is 2.76. The third-order valence-corrected chi connectivity index (χ3v) is 3.26. The second-order valence-corrected chi connectivity index (χ2v) is 4.91. The number of nitriles is 1. The van der Waals surface area contributed by atoms with Crippen molar-refractivity contribution < 1.29 is 9.47 Å². The zero-order valence-corrected chi connectivity index (χ0v) is 12.7. The highest BCUT2D eigenvalue weighted by atomic mass is 79.9. The summed E-state index contributed by atoms with van der Waals surface area (Å²) in [5.74, 6) is 1.29. The molecule has 0 aliphatic heterocycles. The Hall–Kier alpha value is -2.19. The molecule has 0 saturated carbocycles. The average Bonchev–Trinajstić information content (AvgIpc) is 2.48. The smallest absolute Gasteiger partial charge is 0.162 e. The Bertz CT molecular complexity index is 665. The Kier molecular flexibility index (Phi) is 4.49. The predicted molar refractivity (Wildman–Crippen MR) is 81.7 cm³/mol. The van der Waals surface area contributed by atoms with Crippen molar-refractivity contribution in [2.45, 2.75) is 0 Å². The molecule has 4 nitrogen and oxygen atoms in total. The molecule has 0 aromatic heterocycles. The number of hydrogen-bond donors (Lipinski definition) is 1. The maximum atomic E-state index is 9.15. The Morgan fingerprint density at radius 2 is 1.80 bits per heavy atom. The average molecular weight is 333 g/mol. The Balaban J connectivity index is 2.33. The van der Waals surface area contributed by atoms with Crippen LogP contribution in [-0.4, -0.2) is 14.2 Å². The van der Waals surface area contributed by atoms with Crippen LogP contribution in [0.15, 0.2) is 40.9 Å². The van der Waals surface area contributed by atoms with Gasteiger partial charge >= 0.3 is 0 Å². The molecule has 0 spiro atoms. The van der Waals surface area contributed by atoms with Gasteiger partial charge in [0.15, 0.2) is 11.5 Å². The quantitative estimate of drug-likeness (QED) is 0.916. The van der Waals surface area contributed by atoms with Crippen LogP contribution in [0.5, 0.6) is 11.5 Å². The molecule has 2 rings (SSSR count). The molecular formula is C15H13BrN2O2. The fourth-order valence-electron chi connectivity index (χ4n) is 1.79. The van der Waals surface area contributed by atoms with Gasteiger partial charge in [0, 0.05) is 16.2 Å². The molecule has 0 aliphatic carbocycles. The van der Waals surface area contributed by atoms with E-state index >= 15 is 0 Å². The molecule has 102 valence electrons. The highest BCUT2D eigenvalue weighted by molar-refractivity contribution is 9.10. The van der Waals surface area contributed by atoms with E-state index in [9.17, 15) is 0 Å². The normalized spacial score (nSPS) is 9.70. The van der Waals surface area contributed by atoms with Crippen LogP contribution in [0.4, 0.5) is 11.4 Å². The van der Waals surface area contributed by atoms with Crippen molar-refractivity contribution >= 4 is 27.3 Å². The van der Waals surface area contributed by atoms with Crippen LogP contribution < -0.4 is 14.8 Å². The zero-order chi connectivity index (χ0) is 14.5. The first-order valence-electron chi connectivity index (χ1n) is 5.86. The number of halogens is 1. The molecule has 2 aromatic rings. The SMILES string of the molecule is COc1ccc(Nc2ccc(Br)cc2C#N)cc1OC. The number of ether oxygens (including phenoxy) is 2. The first-order valence-corrected chi connectivity index (χ1v) is 6.66. The van der Waals surface area contributed by atoms with E-state index in [1.165, 1.54) is 0 Å². The second kappa shape index (κ2) is 6.31. The fourth-order valence-corrected chi connectivity index (χ4v) is 2.15. The van der Waals surface area contributed by atoms with Gasteiger partial charge in [-0.15, -0.1) is 0 Å². The van der Waals surface area contributed by atoms with E-state index in [1.807, 2.05) is 30.3 Å². The summed E-state index contributed by atoms with van der Waals surface area (Å²) in [4.78, 5) is 0. The molecule has 0 fully saturated rings. The molecule has 0 unspecified atom stereocenters. The summed E-state index contributed by atoms with van der Waals surface area (Å²) in [6.45, 7) is 0. The van der Waals surface area contributed by atoms with E-state index in [4.69, 9.17) is 14.7 Å². The van der Waals surface area contributed by atoms with E-state index in [-0.39, 0.29) is 0 Å². The van der Waals surface area contributed by atoms with Crippen LogP contribution in [0.25, 0.3) is 0 Å². The van der Waals surface area contributed by atoms with Gasteiger partial charge in [-0.05, 0) is 30.3 Å². The summed E-state index contributed by atoms with van der Waals surface area (Å²) in [5, 5.41) is 12.3. The van der Waals surface area contributed by atoms with Crippen molar-refractivity contribution in [3.05, 3.63) is 46.4 Å². The van der Waals surface area contributed by atoms with E-state index in [0.717, 1.165) is 15.8 Å². The summed E-state index contributed by atoms with van der Waals surface area (Å²) in [6.07, 6.45) is 0. The fraction of sp³-hybridized carbons (Fsp3) is 0.133. The van der Waals surface area contributed by atoms with Gasteiger partial charge in [-0.3, -0.25) is 0 Å². The number of nitrogens with zero attached hydrogens (tertiary/aromatic N) is 1. The lowest BCUT2D eigenvalue weighted by Gasteiger charge is -2.12. The number of methoxy groups -OCH3 is 2. The van der Waals surface area contributed by atoms with E-state index in [0.29, 0.717) is 17.1 Å². The van der Waals surface area contributed by atoms with Gasteiger partial charge < -0.3 is 14.8 Å². The first-order chi connectivity index (χ1) is 9.67.